The zero-order chi connectivity index (χ0) is 19.6. The highest BCUT2D eigenvalue weighted by Crippen LogP contribution is 2.60. The molecule has 0 aromatic heterocycles. The maximum absolute atomic E-state index is 13.4. The van der Waals surface area contributed by atoms with Gasteiger partial charge in [-0.3, -0.25) is 9.59 Å². The van der Waals surface area contributed by atoms with Gasteiger partial charge in [0.05, 0.1) is 13.2 Å². The maximum Gasteiger partial charge on any atom is 0.239 e. The Morgan fingerprint density at radius 3 is 2.32 bits per heavy atom. The van der Waals surface area contributed by atoms with Crippen molar-refractivity contribution < 1.29 is 18.7 Å². The predicted octanol–water partition coefficient (Wildman–Crippen LogP) is 3.04. The van der Waals surface area contributed by atoms with Crippen molar-refractivity contribution in [1.29, 1.82) is 0 Å². The van der Waals surface area contributed by atoms with E-state index in [-0.39, 0.29) is 35.3 Å². The molecule has 4 bridgehead atoms. The number of nitrogens with one attached hydrogen (secondary N) is 2. The number of hydrogen-bond donors (Lipinski definition) is 2. The summed E-state index contributed by atoms with van der Waals surface area (Å²) in [4.78, 5) is 24.9. The molecule has 1 aromatic rings. The lowest BCUT2D eigenvalue weighted by molar-refractivity contribution is -0.147. The molecule has 0 heterocycles. The standard InChI is InChI=1S/C22H29FN2O3/c23-18-4-1-2-5-19(18)28-7-3-6-24-20(26)14-25-21(27)22-11-15-8-16(12-22)10-17(9-15)13-22/h1-2,4-5,15-17H,3,6-14H2,(H,24,26)(H,25,27). The van der Waals surface area contributed by atoms with Gasteiger partial charge in [0, 0.05) is 12.0 Å². The van der Waals surface area contributed by atoms with Crippen molar-refractivity contribution in [1.82, 2.24) is 10.6 Å². The lowest BCUT2D eigenvalue weighted by atomic mass is 9.49. The molecule has 4 aliphatic carbocycles. The summed E-state index contributed by atoms with van der Waals surface area (Å²) in [5.74, 6) is 1.84. The molecule has 28 heavy (non-hydrogen) atoms. The highest BCUT2D eigenvalue weighted by atomic mass is 19.1. The summed E-state index contributed by atoms with van der Waals surface area (Å²) in [6.07, 6.45) is 7.45. The molecule has 5 rings (SSSR count). The average Bonchev–Trinajstić information content (AvgIpc) is 2.66. The normalized spacial score (nSPS) is 30.1. The SMILES string of the molecule is O=C(CNC(=O)C12CC3CC(CC(C3)C1)C2)NCCCOc1ccccc1F. The molecule has 0 aliphatic heterocycles. The Morgan fingerprint density at radius 1 is 1.04 bits per heavy atom. The molecule has 0 spiro atoms. The summed E-state index contributed by atoms with van der Waals surface area (Å²) in [5, 5.41) is 5.67. The summed E-state index contributed by atoms with van der Waals surface area (Å²) >= 11 is 0. The quantitative estimate of drug-likeness (QED) is 0.673. The van der Waals surface area contributed by atoms with Crippen molar-refractivity contribution in [3.8, 4) is 5.75 Å². The second-order valence-corrected chi connectivity index (χ2v) is 8.86. The van der Waals surface area contributed by atoms with E-state index >= 15 is 0 Å². The van der Waals surface area contributed by atoms with E-state index in [2.05, 4.69) is 10.6 Å². The van der Waals surface area contributed by atoms with Crippen molar-refractivity contribution in [2.75, 3.05) is 19.7 Å². The number of amides is 2. The van der Waals surface area contributed by atoms with Gasteiger partial charge in [0.1, 0.15) is 0 Å². The second kappa shape index (κ2) is 8.10. The number of para-hydroxylation sites is 1. The molecule has 4 aliphatic rings. The van der Waals surface area contributed by atoms with Gasteiger partial charge in [-0.25, -0.2) is 4.39 Å². The summed E-state index contributed by atoms with van der Waals surface area (Å²) < 4.78 is 18.8. The molecule has 5 nitrogen and oxygen atoms in total. The molecule has 0 unspecified atom stereocenters. The van der Waals surface area contributed by atoms with Gasteiger partial charge in [-0.05, 0) is 74.8 Å². The fourth-order valence-electron chi connectivity index (χ4n) is 5.84. The van der Waals surface area contributed by atoms with Crippen LogP contribution in [-0.2, 0) is 9.59 Å². The Bertz CT molecular complexity index is 701. The number of benzene rings is 1. The smallest absolute Gasteiger partial charge is 0.239 e. The predicted molar refractivity (Wildman–Crippen MR) is 103 cm³/mol. The minimum Gasteiger partial charge on any atom is -0.490 e. The molecule has 0 radical (unpaired) electrons. The third-order valence-corrected chi connectivity index (χ3v) is 6.67. The van der Waals surface area contributed by atoms with Crippen LogP contribution in [0.15, 0.2) is 24.3 Å². The summed E-state index contributed by atoms with van der Waals surface area (Å²) in [6, 6.07) is 6.25. The molecule has 4 saturated carbocycles. The fourth-order valence-corrected chi connectivity index (χ4v) is 5.84. The first-order valence-corrected chi connectivity index (χ1v) is 10.5. The Balaban J connectivity index is 1.14. The van der Waals surface area contributed by atoms with Gasteiger partial charge in [0.25, 0.3) is 0 Å². The number of halogens is 1. The van der Waals surface area contributed by atoms with E-state index in [0.717, 1.165) is 19.3 Å². The first-order valence-electron chi connectivity index (χ1n) is 10.5. The van der Waals surface area contributed by atoms with Crippen LogP contribution in [0.25, 0.3) is 0 Å². The third-order valence-electron chi connectivity index (χ3n) is 6.67. The molecule has 4 fully saturated rings. The van der Waals surface area contributed by atoms with Crippen LogP contribution < -0.4 is 15.4 Å². The molecule has 2 amide bonds. The summed E-state index contributed by atoms with van der Waals surface area (Å²) in [6.45, 7) is 0.774. The summed E-state index contributed by atoms with van der Waals surface area (Å²) in [7, 11) is 0. The minimum absolute atomic E-state index is 0.0226. The van der Waals surface area contributed by atoms with Gasteiger partial charge in [-0.15, -0.1) is 0 Å². The molecule has 0 atom stereocenters. The maximum atomic E-state index is 13.4. The van der Waals surface area contributed by atoms with Crippen LogP contribution in [-0.4, -0.2) is 31.5 Å². The Hall–Kier alpha value is -2.11. The van der Waals surface area contributed by atoms with E-state index in [1.165, 1.54) is 25.3 Å². The van der Waals surface area contributed by atoms with Gasteiger partial charge in [-0.1, -0.05) is 12.1 Å². The van der Waals surface area contributed by atoms with E-state index in [1.807, 2.05) is 0 Å². The van der Waals surface area contributed by atoms with Crippen LogP contribution in [0.1, 0.15) is 44.9 Å². The van der Waals surface area contributed by atoms with Crippen LogP contribution in [0.5, 0.6) is 5.75 Å². The zero-order valence-corrected chi connectivity index (χ0v) is 16.2. The molecule has 0 saturated heterocycles. The van der Waals surface area contributed by atoms with E-state index in [1.54, 1.807) is 18.2 Å². The number of ether oxygens (including phenoxy) is 1. The van der Waals surface area contributed by atoms with E-state index in [4.69, 9.17) is 4.74 Å². The Morgan fingerprint density at radius 2 is 1.68 bits per heavy atom. The molecular formula is C22H29FN2O3. The third kappa shape index (κ3) is 4.15. The van der Waals surface area contributed by atoms with Gasteiger partial charge >= 0.3 is 0 Å². The monoisotopic (exact) mass is 388 g/mol. The first kappa shape index (κ1) is 19.2. The Labute approximate surface area is 165 Å². The van der Waals surface area contributed by atoms with Gasteiger partial charge in [0.15, 0.2) is 11.6 Å². The number of carbonyl (C=O) groups excluding carboxylic acids is 2. The van der Waals surface area contributed by atoms with Crippen molar-refractivity contribution in [3.05, 3.63) is 30.1 Å². The second-order valence-electron chi connectivity index (χ2n) is 8.86. The molecular weight excluding hydrogens is 359 g/mol. The van der Waals surface area contributed by atoms with Gasteiger partial charge in [-0.2, -0.15) is 0 Å². The fraction of sp³-hybridized carbons (Fsp3) is 0.636. The van der Waals surface area contributed by atoms with Crippen LogP contribution in [0, 0.1) is 29.0 Å². The van der Waals surface area contributed by atoms with Crippen molar-refractivity contribution >= 4 is 11.8 Å². The lowest BCUT2D eigenvalue weighted by Gasteiger charge is -2.55. The number of rotatable bonds is 8. The van der Waals surface area contributed by atoms with E-state index < -0.39 is 0 Å². The van der Waals surface area contributed by atoms with Crippen molar-refractivity contribution in [2.45, 2.75) is 44.9 Å². The number of hydrogen-bond acceptors (Lipinski definition) is 3. The molecule has 6 heteroatoms. The highest BCUT2D eigenvalue weighted by molar-refractivity contribution is 5.88. The van der Waals surface area contributed by atoms with Crippen LogP contribution in [0.2, 0.25) is 0 Å². The summed E-state index contributed by atoms with van der Waals surface area (Å²) in [5.41, 5.74) is -0.220. The molecule has 1 aromatic carbocycles. The van der Waals surface area contributed by atoms with Crippen molar-refractivity contribution in [2.24, 2.45) is 23.2 Å². The van der Waals surface area contributed by atoms with E-state index in [9.17, 15) is 14.0 Å². The van der Waals surface area contributed by atoms with Crippen LogP contribution >= 0.6 is 0 Å². The van der Waals surface area contributed by atoms with Gasteiger partial charge in [0.2, 0.25) is 11.8 Å². The largest absolute Gasteiger partial charge is 0.490 e. The zero-order valence-electron chi connectivity index (χ0n) is 16.2. The average molecular weight is 388 g/mol. The van der Waals surface area contributed by atoms with Crippen molar-refractivity contribution in [3.63, 3.8) is 0 Å². The van der Waals surface area contributed by atoms with E-state index in [0.29, 0.717) is 37.3 Å². The molecule has 2 N–H and O–H groups in total. The highest BCUT2D eigenvalue weighted by Gasteiger charge is 2.54. The molecule has 152 valence electrons. The van der Waals surface area contributed by atoms with Gasteiger partial charge < -0.3 is 15.4 Å². The minimum atomic E-state index is -0.390. The van der Waals surface area contributed by atoms with Crippen LogP contribution in [0.4, 0.5) is 4.39 Å². The van der Waals surface area contributed by atoms with Crippen LogP contribution in [0.3, 0.4) is 0 Å². The topological polar surface area (TPSA) is 67.4 Å². The Kier molecular flexibility index (Phi) is 5.56. The lowest BCUT2D eigenvalue weighted by Crippen LogP contribution is -2.54. The first-order chi connectivity index (χ1) is 13.5. The number of carbonyl (C=O) groups is 2.